The number of sulfonamides is 1. The van der Waals surface area contributed by atoms with E-state index in [1.807, 2.05) is 6.20 Å². The molecule has 0 unspecified atom stereocenters. The molecule has 29 heavy (non-hydrogen) atoms. The SMILES string of the molecule is CCc1ccc(Cn2cc(COc3ccc4nc(S(N)(=O)=O)sc4c3)nn2)cc1. The maximum atomic E-state index is 11.4. The van der Waals surface area contributed by atoms with Crippen molar-refractivity contribution >= 4 is 31.6 Å². The van der Waals surface area contributed by atoms with E-state index in [9.17, 15) is 8.42 Å². The van der Waals surface area contributed by atoms with Crippen molar-refractivity contribution in [1.82, 2.24) is 20.0 Å². The molecule has 0 aliphatic rings. The molecular weight excluding hydrogens is 410 g/mol. The monoisotopic (exact) mass is 429 g/mol. The Balaban J connectivity index is 1.41. The van der Waals surface area contributed by atoms with Gasteiger partial charge < -0.3 is 4.74 Å². The van der Waals surface area contributed by atoms with E-state index in [0.29, 0.717) is 28.2 Å². The zero-order valence-electron chi connectivity index (χ0n) is 15.6. The highest BCUT2D eigenvalue weighted by Gasteiger charge is 2.15. The van der Waals surface area contributed by atoms with Crippen LogP contribution in [0.3, 0.4) is 0 Å². The predicted octanol–water partition coefficient (Wildman–Crippen LogP) is 2.72. The van der Waals surface area contributed by atoms with Gasteiger partial charge in [0.2, 0.25) is 4.34 Å². The van der Waals surface area contributed by atoms with Gasteiger partial charge in [0, 0.05) is 0 Å². The van der Waals surface area contributed by atoms with Crippen molar-refractivity contribution in [2.45, 2.75) is 30.8 Å². The van der Waals surface area contributed by atoms with Crippen molar-refractivity contribution in [2.24, 2.45) is 5.14 Å². The van der Waals surface area contributed by atoms with Crippen LogP contribution in [0.5, 0.6) is 5.75 Å². The lowest BCUT2D eigenvalue weighted by Crippen LogP contribution is -2.11. The molecule has 0 bridgehead atoms. The third-order valence-electron chi connectivity index (χ3n) is 4.33. The highest BCUT2D eigenvalue weighted by Crippen LogP contribution is 2.28. The number of nitrogens with two attached hydrogens (primary N) is 1. The molecule has 0 aliphatic carbocycles. The van der Waals surface area contributed by atoms with E-state index >= 15 is 0 Å². The summed E-state index contributed by atoms with van der Waals surface area (Å²) in [6.07, 6.45) is 2.86. The molecule has 0 fully saturated rings. The van der Waals surface area contributed by atoms with Crippen LogP contribution in [0, 0.1) is 0 Å². The van der Waals surface area contributed by atoms with Crippen LogP contribution in [0.4, 0.5) is 0 Å². The fraction of sp³-hybridized carbons (Fsp3) is 0.211. The second kappa shape index (κ2) is 7.90. The highest BCUT2D eigenvalue weighted by molar-refractivity contribution is 7.91. The quantitative estimate of drug-likeness (QED) is 0.483. The summed E-state index contributed by atoms with van der Waals surface area (Å²) in [5, 5.41) is 13.4. The van der Waals surface area contributed by atoms with E-state index in [-0.39, 0.29) is 10.9 Å². The number of rotatable bonds is 7. The van der Waals surface area contributed by atoms with E-state index < -0.39 is 10.0 Å². The number of ether oxygens (including phenoxy) is 1. The largest absolute Gasteiger partial charge is 0.487 e. The van der Waals surface area contributed by atoms with Crippen LogP contribution in [0.1, 0.15) is 23.7 Å². The summed E-state index contributed by atoms with van der Waals surface area (Å²) in [7, 11) is -3.81. The third kappa shape index (κ3) is 4.61. The molecule has 0 spiro atoms. The Kier molecular flexibility index (Phi) is 5.31. The number of aryl methyl sites for hydroxylation is 1. The van der Waals surface area contributed by atoms with Gasteiger partial charge in [-0.15, -0.1) is 16.4 Å². The van der Waals surface area contributed by atoms with Crippen LogP contribution in [-0.4, -0.2) is 28.4 Å². The van der Waals surface area contributed by atoms with Gasteiger partial charge in [-0.1, -0.05) is 36.4 Å². The Bertz CT molecular complexity index is 1250. The topological polar surface area (TPSA) is 113 Å². The van der Waals surface area contributed by atoms with Gasteiger partial charge in [-0.25, -0.2) is 23.2 Å². The van der Waals surface area contributed by atoms with Gasteiger partial charge in [0.25, 0.3) is 10.0 Å². The van der Waals surface area contributed by atoms with Crippen LogP contribution < -0.4 is 9.88 Å². The Morgan fingerprint density at radius 1 is 1.14 bits per heavy atom. The van der Waals surface area contributed by atoms with Crippen LogP contribution in [0.2, 0.25) is 0 Å². The Hall–Kier alpha value is -2.82. The van der Waals surface area contributed by atoms with Crippen LogP contribution in [0.15, 0.2) is 53.0 Å². The molecule has 150 valence electrons. The molecule has 2 heterocycles. The zero-order valence-corrected chi connectivity index (χ0v) is 17.3. The van der Waals surface area contributed by atoms with Gasteiger partial charge in [-0.05, 0) is 35.7 Å². The minimum Gasteiger partial charge on any atom is -0.487 e. The molecule has 0 saturated heterocycles. The van der Waals surface area contributed by atoms with Gasteiger partial charge in [-0.2, -0.15) is 0 Å². The first-order valence-corrected chi connectivity index (χ1v) is 11.3. The summed E-state index contributed by atoms with van der Waals surface area (Å²) in [5.74, 6) is 0.590. The lowest BCUT2D eigenvalue weighted by molar-refractivity contribution is 0.301. The van der Waals surface area contributed by atoms with E-state index in [1.54, 1.807) is 22.9 Å². The van der Waals surface area contributed by atoms with Crippen molar-refractivity contribution in [3.05, 3.63) is 65.5 Å². The summed E-state index contributed by atoms with van der Waals surface area (Å²) >= 11 is 1.01. The molecule has 10 heteroatoms. The van der Waals surface area contributed by atoms with E-state index in [2.05, 4.69) is 46.5 Å². The molecule has 0 amide bonds. The first kappa shape index (κ1) is 19.5. The zero-order chi connectivity index (χ0) is 20.4. The summed E-state index contributed by atoms with van der Waals surface area (Å²) in [6, 6.07) is 13.6. The number of thiazole rings is 1. The summed E-state index contributed by atoms with van der Waals surface area (Å²) in [4.78, 5) is 4.02. The fourth-order valence-electron chi connectivity index (χ4n) is 2.80. The van der Waals surface area contributed by atoms with Crippen molar-refractivity contribution in [3.63, 3.8) is 0 Å². The van der Waals surface area contributed by atoms with Gasteiger partial charge in [0.1, 0.15) is 18.1 Å². The van der Waals surface area contributed by atoms with E-state index in [1.165, 1.54) is 5.56 Å². The molecule has 8 nitrogen and oxygen atoms in total. The Labute approximate surface area is 172 Å². The maximum absolute atomic E-state index is 11.4. The summed E-state index contributed by atoms with van der Waals surface area (Å²) in [5.41, 5.74) is 3.72. The number of hydrogen-bond acceptors (Lipinski definition) is 7. The number of primary sulfonamides is 1. The van der Waals surface area contributed by atoms with Crippen LogP contribution in [0.25, 0.3) is 10.2 Å². The molecule has 0 atom stereocenters. The number of hydrogen-bond donors (Lipinski definition) is 1. The molecule has 0 saturated carbocycles. The van der Waals surface area contributed by atoms with Crippen molar-refractivity contribution < 1.29 is 13.2 Å². The molecule has 2 N–H and O–H groups in total. The van der Waals surface area contributed by atoms with Crippen LogP contribution in [-0.2, 0) is 29.6 Å². The second-order valence-corrected chi connectivity index (χ2v) is 9.29. The van der Waals surface area contributed by atoms with Gasteiger partial charge in [0.05, 0.1) is 23.0 Å². The van der Waals surface area contributed by atoms with Gasteiger partial charge >= 0.3 is 0 Å². The van der Waals surface area contributed by atoms with E-state index in [4.69, 9.17) is 9.88 Å². The van der Waals surface area contributed by atoms with Crippen LogP contribution >= 0.6 is 11.3 Å². The standard InChI is InChI=1S/C19H19N5O3S2/c1-2-13-3-5-14(6-4-13)10-24-11-15(22-23-24)12-27-16-7-8-17-18(9-16)28-19(21-17)29(20,25)26/h3-9,11H,2,10,12H2,1H3,(H2,20,25,26). The lowest BCUT2D eigenvalue weighted by Gasteiger charge is -2.03. The normalized spacial score (nSPS) is 11.8. The first-order chi connectivity index (χ1) is 13.9. The molecule has 2 aromatic carbocycles. The average molecular weight is 430 g/mol. The highest BCUT2D eigenvalue weighted by atomic mass is 32.2. The molecule has 4 aromatic rings. The third-order valence-corrected chi connectivity index (χ3v) is 6.67. The predicted molar refractivity (Wildman–Crippen MR) is 110 cm³/mol. The summed E-state index contributed by atoms with van der Waals surface area (Å²) < 4.78 is 31.0. The lowest BCUT2D eigenvalue weighted by atomic mass is 10.1. The number of aromatic nitrogens is 4. The van der Waals surface area contributed by atoms with Crippen molar-refractivity contribution in [1.29, 1.82) is 0 Å². The minimum absolute atomic E-state index is 0.112. The Morgan fingerprint density at radius 3 is 2.62 bits per heavy atom. The fourth-order valence-corrected chi connectivity index (χ4v) is 4.49. The van der Waals surface area contributed by atoms with Gasteiger partial charge in [-0.3, -0.25) is 0 Å². The minimum atomic E-state index is -3.81. The average Bonchev–Trinajstić information content (AvgIpc) is 3.33. The first-order valence-electron chi connectivity index (χ1n) is 8.94. The number of benzene rings is 2. The van der Waals surface area contributed by atoms with Gasteiger partial charge in [0.15, 0.2) is 0 Å². The van der Waals surface area contributed by atoms with E-state index in [0.717, 1.165) is 23.3 Å². The van der Waals surface area contributed by atoms with Crippen molar-refractivity contribution in [2.75, 3.05) is 0 Å². The molecule has 2 aromatic heterocycles. The molecule has 0 aliphatic heterocycles. The Morgan fingerprint density at radius 2 is 1.90 bits per heavy atom. The van der Waals surface area contributed by atoms with Crippen molar-refractivity contribution in [3.8, 4) is 5.75 Å². The summed E-state index contributed by atoms with van der Waals surface area (Å²) in [6.45, 7) is 3.02. The smallest absolute Gasteiger partial charge is 0.265 e. The number of fused-ring (bicyclic) bond motifs is 1. The molecule has 0 radical (unpaired) electrons. The maximum Gasteiger partial charge on any atom is 0.265 e. The second-order valence-electron chi connectivity index (χ2n) is 6.52. The molecule has 4 rings (SSSR count). The number of nitrogens with zero attached hydrogens (tertiary/aromatic N) is 4. The molecular formula is C19H19N5O3S2.